The van der Waals surface area contributed by atoms with Crippen molar-refractivity contribution in [3.05, 3.63) is 0 Å². The fraction of sp³-hybridized carbons (Fsp3) is 1.00. The molecule has 3 nitrogen and oxygen atoms in total. The summed E-state index contributed by atoms with van der Waals surface area (Å²) < 4.78 is 5.29. The molecule has 0 radical (unpaired) electrons. The molecule has 0 amide bonds. The summed E-state index contributed by atoms with van der Waals surface area (Å²) in [4.78, 5) is 2.39. The topological polar surface area (TPSA) is 32.7 Å². The van der Waals surface area contributed by atoms with Crippen LogP contribution in [0.2, 0.25) is 0 Å². The molecule has 1 saturated heterocycles. The first-order valence-corrected chi connectivity index (χ1v) is 5.63. The average Bonchev–Trinajstić information content (AvgIpc) is 2.45. The summed E-state index contributed by atoms with van der Waals surface area (Å²) >= 11 is 0. The largest absolute Gasteiger partial charge is 0.395 e. The van der Waals surface area contributed by atoms with E-state index in [2.05, 4.69) is 4.90 Å². The smallest absolute Gasteiger partial charge is 0.0558 e. The highest BCUT2D eigenvalue weighted by molar-refractivity contribution is 5.01. The molecule has 2 fully saturated rings. The average molecular weight is 199 g/mol. The predicted octanol–water partition coefficient (Wildman–Crippen LogP) is 0.727. The maximum atomic E-state index is 8.93. The molecule has 0 aromatic heterocycles. The van der Waals surface area contributed by atoms with Gasteiger partial charge in [0.1, 0.15) is 0 Å². The molecule has 2 rings (SSSR count). The van der Waals surface area contributed by atoms with E-state index in [0.29, 0.717) is 11.3 Å². The molecule has 0 bridgehead atoms. The van der Waals surface area contributed by atoms with Crippen molar-refractivity contribution in [1.29, 1.82) is 0 Å². The number of aliphatic hydroxyl groups excluding tert-OH is 1. The number of hydrogen-bond acceptors (Lipinski definition) is 3. The third kappa shape index (κ3) is 1.69. The van der Waals surface area contributed by atoms with Crippen LogP contribution in [0.1, 0.15) is 19.3 Å². The number of nitrogens with zero attached hydrogens (tertiary/aromatic N) is 1. The Morgan fingerprint density at radius 3 is 2.79 bits per heavy atom. The minimum atomic E-state index is 0.287. The van der Waals surface area contributed by atoms with Crippen molar-refractivity contribution in [3.63, 3.8) is 0 Å². The Morgan fingerprint density at radius 1 is 1.50 bits per heavy atom. The predicted molar refractivity (Wildman–Crippen MR) is 55.2 cm³/mol. The van der Waals surface area contributed by atoms with E-state index in [1.165, 1.54) is 25.8 Å². The maximum absolute atomic E-state index is 8.93. The Morgan fingerprint density at radius 2 is 2.29 bits per heavy atom. The number of hydrogen-bond donors (Lipinski definition) is 1. The molecule has 1 aliphatic carbocycles. The van der Waals surface area contributed by atoms with Crippen molar-refractivity contribution in [2.24, 2.45) is 11.3 Å². The number of ether oxygens (including phenoxy) is 1. The number of methoxy groups -OCH3 is 1. The normalized spacial score (nSPS) is 30.9. The zero-order chi connectivity index (χ0) is 10.0. The van der Waals surface area contributed by atoms with Gasteiger partial charge in [0.2, 0.25) is 0 Å². The summed E-state index contributed by atoms with van der Waals surface area (Å²) in [7, 11) is 1.79. The first-order chi connectivity index (χ1) is 6.80. The van der Waals surface area contributed by atoms with Crippen LogP contribution in [0.4, 0.5) is 0 Å². The van der Waals surface area contributed by atoms with E-state index in [1.54, 1.807) is 7.11 Å². The number of rotatable bonds is 4. The summed E-state index contributed by atoms with van der Waals surface area (Å²) in [5.74, 6) is 0.702. The van der Waals surface area contributed by atoms with Gasteiger partial charge < -0.3 is 14.7 Å². The molecule has 0 aromatic carbocycles. The van der Waals surface area contributed by atoms with Gasteiger partial charge in [0.25, 0.3) is 0 Å². The van der Waals surface area contributed by atoms with E-state index in [0.717, 1.165) is 19.7 Å². The molecule has 0 aromatic rings. The lowest BCUT2D eigenvalue weighted by molar-refractivity contribution is 0.0366. The van der Waals surface area contributed by atoms with Crippen molar-refractivity contribution < 1.29 is 9.84 Å². The Labute approximate surface area is 86.0 Å². The lowest BCUT2D eigenvalue weighted by atomic mass is 9.63. The second-order valence-electron chi connectivity index (χ2n) is 4.83. The summed E-state index contributed by atoms with van der Waals surface area (Å²) in [6.07, 6.45) is 4.11. The SMILES string of the molecule is COCC1CN(CCO)CC12CCC2. The quantitative estimate of drug-likeness (QED) is 0.724. The zero-order valence-corrected chi connectivity index (χ0v) is 9.04. The van der Waals surface area contributed by atoms with Gasteiger partial charge in [-0.2, -0.15) is 0 Å². The van der Waals surface area contributed by atoms with E-state index in [1.807, 2.05) is 0 Å². The summed E-state index contributed by atoms with van der Waals surface area (Å²) in [6, 6.07) is 0. The molecule has 1 spiro atoms. The van der Waals surface area contributed by atoms with Crippen molar-refractivity contribution in [3.8, 4) is 0 Å². The van der Waals surface area contributed by atoms with Gasteiger partial charge in [-0.3, -0.25) is 0 Å². The monoisotopic (exact) mass is 199 g/mol. The molecule has 1 aliphatic heterocycles. The fourth-order valence-electron chi connectivity index (χ4n) is 3.08. The summed E-state index contributed by atoms with van der Waals surface area (Å²) in [5, 5.41) is 8.93. The number of β-amino-alcohol motifs (C(OH)–C–C–N with tert-alkyl or cyclic N) is 1. The number of likely N-dealkylation sites (tertiary alicyclic amines) is 1. The fourth-order valence-corrected chi connectivity index (χ4v) is 3.08. The van der Waals surface area contributed by atoms with Gasteiger partial charge in [-0.25, -0.2) is 0 Å². The van der Waals surface area contributed by atoms with Gasteiger partial charge in [0, 0.05) is 32.7 Å². The molecule has 1 saturated carbocycles. The zero-order valence-electron chi connectivity index (χ0n) is 9.04. The van der Waals surface area contributed by atoms with Crippen molar-refractivity contribution >= 4 is 0 Å². The Kier molecular flexibility index (Phi) is 3.10. The molecule has 1 unspecified atom stereocenters. The van der Waals surface area contributed by atoms with Gasteiger partial charge in [-0.1, -0.05) is 6.42 Å². The van der Waals surface area contributed by atoms with E-state index < -0.39 is 0 Å². The molecule has 2 aliphatic rings. The van der Waals surface area contributed by atoms with E-state index in [9.17, 15) is 0 Å². The van der Waals surface area contributed by atoms with Crippen LogP contribution in [0.15, 0.2) is 0 Å². The van der Waals surface area contributed by atoms with Crippen LogP contribution in [0.5, 0.6) is 0 Å². The third-order valence-corrected chi connectivity index (χ3v) is 4.02. The Hall–Kier alpha value is -0.120. The molecule has 1 heterocycles. The van der Waals surface area contributed by atoms with Gasteiger partial charge in [0.15, 0.2) is 0 Å². The molecule has 82 valence electrons. The van der Waals surface area contributed by atoms with E-state index in [4.69, 9.17) is 9.84 Å². The second-order valence-corrected chi connectivity index (χ2v) is 4.83. The van der Waals surface area contributed by atoms with Gasteiger partial charge in [-0.05, 0) is 18.3 Å². The van der Waals surface area contributed by atoms with Crippen LogP contribution in [0, 0.1) is 11.3 Å². The maximum Gasteiger partial charge on any atom is 0.0558 e. The minimum Gasteiger partial charge on any atom is -0.395 e. The highest BCUT2D eigenvalue weighted by Crippen LogP contribution is 2.51. The van der Waals surface area contributed by atoms with Gasteiger partial charge >= 0.3 is 0 Å². The Balaban J connectivity index is 1.94. The summed E-state index contributed by atoms with van der Waals surface area (Å²) in [6.45, 7) is 4.32. The molecular formula is C11H21NO2. The standard InChI is InChI=1S/C11H21NO2/c1-14-8-10-7-12(5-6-13)9-11(10)3-2-4-11/h10,13H,2-9H2,1H3. The van der Waals surface area contributed by atoms with E-state index >= 15 is 0 Å². The molecular weight excluding hydrogens is 178 g/mol. The van der Waals surface area contributed by atoms with Crippen LogP contribution >= 0.6 is 0 Å². The van der Waals surface area contributed by atoms with Crippen LogP contribution in [0.25, 0.3) is 0 Å². The van der Waals surface area contributed by atoms with Crippen LogP contribution in [-0.2, 0) is 4.74 Å². The molecule has 3 heteroatoms. The van der Waals surface area contributed by atoms with Gasteiger partial charge in [-0.15, -0.1) is 0 Å². The highest BCUT2D eigenvalue weighted by Gasteiger charge is 2.49. The first kappa shape index (κ1) is 10.4. The first-order valence-electron chi connectivity index (χ1n) is 5.63. The summed E-state index contributed by atoms with van der Waals surface area (Å²) in [5.41, 5.74) is 0.547. The second kappa shape index (κ2) is 4.17. The molecule has 14 heavy (non-hydrogen) atoms. The van der Waals surface area contributed by atoms with E-state index in [-0.39, 0.29) is 6.61 Å². The van der Waals surface area contributed by atoms with Crippen molar-refractivity contribution in [2.75, 3.05) is 40.0 Å². The van der Waals surface area contributed by atoms with Crippen molar-refractivity contribution in [1.82, 2.24) is 4.90 Å². The minimum absolute atomic E-state index is 0.287. The van der Waals surface area contributed by atoms with Crippen LogP contribution in [-0.4, -0.2) is 50.0 Å². The lowest BCUT2D eigenvalue weighted by Crippen LogP contribution is -2.39. The van der Waals surface area contributed by atoms with Crippen molar-refractivity contribution in [2.45, 2.75) is 19.3 Å². The molecule has 1 N–H and O–H groups in total. The van der Waals surface area contributed by atoms with Crippen LogP contribution < -0.4 is 0 Å². The Bertz CT molecular complexity index is 192. The molecule has 1 atom stereocenters. The van der Waals surface area contributed by atoms with Gasteiger partial charge in [0.05, 0.1) is 13.2 Å². The lowest BCUT2D eigenvalue weighted by Gasteiger charge is -2.42. The number of aliphatic hydroxyl groups is 1. The third-order valence-electron chi connectivity index (χ3n) is 4.02. The highest BCUT2D eigenvalue weighted by atomic mass is 16.5. The van der Waals surface area contributed by atoms with Crippen LogP contribution in [0.3, 0.4) is 0 Å².